The van der Waals surface area contributed by atoms with Gasteiger partial charge >= 0.3 is 0 Å². The van der Waals surface area contributed by atoms with Gasteiger partial charge in [-0.05, 0) is 0 Å². The first-order chi connectivity index (χ1) is 8.19. The predicted molar refractivity (Wildman–Crippen MR) is 71.9 cm³/mol. The summed E-state index contributed by atoms with van der Waals surface area (Å²) in [5, 5.41) is 1.11. The quantitative estimate of drug-likeness (QED) is 0.790. The van der Waals surface area contributed by atoms with E-state index in [-0.39, 0.29) is 0 Å². The second-order valence-corrected chi connectivity index (χ2v) is 5.96. The SMILES string of the molecule is COCc1nc(Cl)cc(N2CCSC(C)C2)n1. The fourth-order valence-corrected chi connectivity index (χ4v) is 3.04. The molecule has 1 atom stereocenters. The fraction of sp³-hybridized carbons (Fsp3) is 0.636. The summed E-state index contributed by atoms with van der Waals surface area (Å²) in [5.74, 6) is 2.67. The molecule has 2 heterocycles. The summed E-state index contributed by atoms with van der Waals surface area (Å²) in [5.41, 5.74) is 0. The maximum absolute atomic E-state index is 6.00. The number of hydrogen-bond donors (Lipinski definition) is 0. The van der Waals surface area contributed by atoms with E-state index >= 15 is 0 Å². The molecule has 1 aliphatic heterocycles. The first kappa shape index (κ1) is 12.9. The molecule has 0 amide bonds. The number of rotatable bonds is 3. The van der Waals surface area contributed by atoms with Crippen LogP contribution in [0, 0.1) is 0 Å². The molecule has 1 aliphatic rings. The smallest absolute Gasteiger partial charge is 0.158 e. The second-order valence-electron chi connectivity index (χ2n) is 4.03. The lowest BCUT2D eigenvalue weighted by Gasteiger charge is -2.31. The highest BCUT2D eigenvalue weighted by Gasteiger charge is 2.19. The minimum Gasteiger partial charge on any atom is -0.377 e. The van der Waals surface area contributed by atoms with Gasteiger partial charge in [0, 0.05) is 37.3 Å². The highest BCUT2D eigenvalue weighted by Crippen LogP contribution is 2.23. The van der Waals surface area contributed by atoms with Crippen molar-refractivity contribution in [1.29, 1.82) is 0 Å². The Labute approximate surface area is 111 Å². The largest absolute Gasteiger partial charge is 0.377 e. The van der Waals surface area contributed by atoms with Crippen LogP contribution < -0.4 is 4.90 Å². The van der Waals surface area contributed by atoms with Crippen molar-refractivity contribution in [3.05, 3.63) is 17.0 Å². The number of methoxy groups -OCH3 is 1. The first-order valence-corrected chi connectivity index (χ1v) is 7.00. The van der Waals surface area contributed by atoms with Crippen molar-refractivity contribution >= 4 is 29.2 Å². The zero-order chi connectivity index (χ0) is 12.3. The molecule has 4 nitrogen and oxygen atoms in total. The van der Waals surface area contributed by atoms with Crippen molar-refractivity contribution in [3.8, 4) is 0 Å². The number of thioether (sulfide) groups is 1. The van der Waals surface area contributed by atoms with Gasteiger partial charge in [0.1, 0.15) is 17.6 Å². The van der Waals surface area contributed by atoms with Gasteiger partial charge in [0.15, 0.2) is 5.82 Å². The molecule has 6 heteroatoms. The molecule has 0 saturated carbocycles. The van der Waals surface area contributed by atoms with Gasteiger partial charge in [0.25, 0.3) is 0 Å². The molecule has 0 radical (unpaired) electrons. The van der Waals surface area contributed by atoms with E-state index in [4.69, 9.17) is 16.3 Å². The maximum Gasteiger partial charge on any atom is 0.158 e. The van der Waals surface area contributed by atoms with E-state index in [2.05, 4.69) is 21.8 Å². The Bertz CT molecular complexity index is 391. The van der Waals surface area contributed by atoms with Crippen LogP contribution in [0.15, 0.2) is 6.07 Å². The summed E-state index contributed by atoms with van der Waals surface area (Å²) in [7, 11) is 1.63. The van der Waals surface area contributed by atoms with E-state index in [9.17, 15) is 0 Å². The molecule has 17 heavy (non-hydrogen) atoms. The normalized spacial score (nSPS) is 20.6. The highest BCUT2D eigenvalue weighted by atomic mass is 35.5. The third-order valence-electron chi connectivity index (χ3n) is 2.57. The molecule has 1 unspecified atom stereocenters. The Kier molecular flexibility index (Phi) is 4.48. The summed E-state index contributed by atoms with van der Waals surface area (Å²) < 4.78 is 5.04. The molecule has 0 aliphatic carbocycles. The minimum atomic E-state index is 0.395. The fourth-order valence-electron chi connectivity index (χ4n) is 1.83. The van der Waals surface area contributed by atoms with Gasteiger partial charge in [0.2, 0.25) is 0 Å². The molecule has 0 aromatic carbocycles. The van der Waals surface area contributed by atoms with Gasteiger partial charge in [-0.25, -0.2) is 9.97 Å². The van der Waals surface area contributed by atoms with E-state index in [0.717, 1.165) is 24.7 Å². The summed E-state index contributed by atoms with van der Waals surface area (Å²) in [6, 6.07) is 1.82. The molecule has 1 saturated heterocycles. The van der Waals surface area contributed by atoms with Crippen LogP contribution in [0.4, 0.5) is 5.82 Å². The van der Waals surface area contributed by atoms with Gasteiger partial charge in [-0.3, -0.25) is 0 Å². The maximum atomic E-state index is 6.00. The number of hydrogen-bond acceptors (Lipinski definition) is 5. The van der Waals surface area contributed by atoms with Crippen LogP contribution in [-0.4, -0.2) is 41.2 Å². The van der Waals surface area contributed by atoms with Crippen molar-refractivity contribution in [1.82, 2.24) is 9.97 Å². The summed E-state index contributed by atoms with van der Waals surface area (Å²) in [6.07, 6.45) is 0. The Morgan fingerprint density at radius 1 is 1.59 bits per heavy atom. The molecular formula is C11H16ClN3OS. The van der Waals surface area contributed by atoms with E-state index in [1.165, 1.54) is 0 Å². The highest BCUT2D eigenvalue weighted by molar-refractivity contribution is 8.00. The van der Waals surface area contributed by atoms with Crippen LogP contribution in [0.2, 0.25) is 5.15 Å². The summed E-state index contributed by atoms with van der Waals surface area (Å²) >= 11 is 8.00. The van der Waals surface area contributed by atoms with Crippen LogP contribution in [-0.2, 0) is 11.3 Å². The Hall–Kier alpha value is -0.520. The Balaban J connectivity index is 2.18. The standard InChI is InChI=1S/C11H16ClN3OS/c1-8-6-15(3-4-17-8)11-5-9(12)13-10(14-11)7-16-2/h5,8H,3-4,6-7H2,1-2H3. The number of anilines is 1. The monoisotopic (exact) mass is 273 g/mol. The third kappa shape index (κ3) is 3.47. The number of nitrogens with zero attached hydrogens (tertiary/aromatic N) is 3. The van der Waals surface area contributed by atoms with E-state index in [1.54, 1.807) is 7.11 Å². The molecule has 1 fully saturated rings. The molecule has 1 aromatic heterocycles. The predicted octanol–water partition coefficient (Wildman–Crippen LogP) is 2.22. The molecule has 1 aromatic rings. The lowest BCUT2D eigenvalue weighted by atomic mass is 10.3. The summed E-state index contributed by atoms with van der Waals surface area (Å²) in [4.78, 5) is 10.9. The first-order valence-electron chi connectivity index (χ1n) is 5.58. The van der Waals surface area contributed by atoms with E-state index in [1.807, 2.05) is 17.8 Å². The van der Waals surface area contributed by atoms with E-state index in [0.29, 0.717) is 22.8 Å². The number of aromatic nitrogens is 2. The van der Waals surface area contributed by atoms with Crippen molar-refractivity contribution in [3.63, 3.8) is 0 Å². The molecule has 0 N–H and O–H groups in total. The molecule has 94 valence electrons. The average Bonchev–Trinajstić information content (AvgIpc) is 2.28. The van der Waals surface area contributed by atoms with Crippen LogP contribution in [0.1, 0.15) is 12.7 Å². The van der Waals surface area contributed by atoms with Gasteiger partial charge in [-0.2, -0.15) is 11.8 Å². The zero-order valence-electron chi connectivity index (χ0n) is 10.0. The topological polar surface area (TPSA) is 38.2 Å². The van der Waals surface area contributed by atoms with Crippen LogP contribution >= 0.6 is 23.4 Å². The third-order valence-corrected chi connectivity index (χ3v) is 3.90. The van der Waals surface area contributed by atoms with E-state index < -0.39 is 0 Å². The molecular weight excluding hydrogens is 258 g/mol. The Morgan fingerprint density at radius 3 is 3.12 bits per heavy atom. The molecule has 0 spiro atoms. The van der Waals surface area contributed by atoms with Crippen LogP contribution in [0.25, 0.3) is 0 Å². The molecule has 2 rings (SSSR count). The Morgan fingerprint density at radius 2 is 2.41 bits per heavy atom. The summed E-state index contributed by atoms with van der Waals surface area (Å²) in [6.45, 7) is 4.64. The minimum absolute atomic E-state index is 0.395. The van der Waals surface area contributed by atoms with Crippen molar-refractivity contribution in [2.24, 2.45) is 0 Å². The number of halogens is 1. The van der Waals surface area contributed by atoms with Crippen molar-refractivity contribution < 1.29 is 4.74 Å². The lowest BCUT2D eigenvalue weighted by Crippen LogP contribution is -2.37. The van der Waals surface area contributed by atoms with Crippen molar-refractivity contribution in [2.75, 3.05) is 30.9 Å². The van der Waals surface area contributed by atoms with Gasteiger partial charge in [0.05, 0.1) is 0 Å². The second kappa shape index (κ2) is 5.89. The average molecular weight is 274 g/mol. The van der Waals surface area contributed by atoms with Crippen molar-refractivity contribution in [2.45, 2.75) is 18.8 Å². The lowest BCUT2D eigenvalue weighted by molar-refractivity contribution is 0.178. The zero-order valence-corrected chi connectivity index (χ0v) is 11.6. The van der Waals surface area contributed by atoms with Crippen LogP contribution in [0.3, 0.4) is 0 Å². The molecule has 0 bridgehead atoms. The number of ether oxygens (including phenoxy) is 1. The van der Waals surface area contributed by atoms with Gasteiger partial charge in [-0.15, -0.1) is 0 Å². The van der Waals surface area contributed by atoms with Gasteiger partial charge < -0.3 is 9.64 Å². The van der Waals surface area contributed by atoms with Crippen LogP contribution in [0.5, 0.6) is 0 Å². The van der Waals surface area contributed by atoms with Gasteiger partial charge in [-0.1, -0.05) is 18.5 Å².